The zero-order valence-electron chi connectivity index (χ0n) is 23.5. The van der Waals surface area contributed by atoms with Crippen LogP contribution in [0.5, 0.6) is 0 Å². The van der Waals surface area contributed by atoms with Gasteiger partial charge in [-0.2, -0.15) is 0 Å². The van der Waals surface area contributed by atoms with Crippen molar-refractivity contribution in [1.82, 2.24) is 0 Å². The molecule has 4 rings (SSSR count). The van der Waals surface area contributed by atoms with Crippen LogP contribution in [0.1, 0.15) is 59.4 Å². The fraction of sp³-hybridized carbons (Fsp3) is 0.613. The van der Waals surface area contributed by atoms with Gasteiger partial charge in [0.15, 0.2) is 5.78 Å². The minimum atomic E-state index is -1.53. The second-order valence-corrected chi connectivity index (χ2v) is 11.7. The second-order valence-electron chi connectivity index (χ2n) is 11.7. The summed E-state index contributed by atoms with van der Waals surface area (Å²) in [7, 11) is 1.32. The van der Waals surface area contributed by atoms with Gasteiger partial charge in [0.25, 0.3) is 0 Å². The van der Waals surface area contributed by atoms with Gasteiger partial charge in [-0.3, -0.25) is 9.59 Å². The predicted molar refractivity (Wildman–Crippen MR) is 142 cm³/mol. The van der Waals surface area contributed by atoms with Gasteiger partial charge in [-0.15, -0.1) is 0 Å². The number of carbonyl (C=O) groups excluding carboxylic acids is 2. The molecule has 38 heavy (non-hydrogen) atoms. The molecule has 2 fully saturated rings. The van der Waals surface area contributed by atoms with E-state index in [9.17, 15) is 9.59 Å². The van der Waals surface area contributed by atoms with Crippen molar-refractivity contribution in [2.24, 2.45) is 34.5 Å². The van der Waals surface area contributed by atoms with Crippen LogP contribution in [-0.4, -0.2) is 37.7 Å². The van der Waals surface area contributed by atoms with E-state index in [1.165, 1.54) is 7.11 Å². The van der Waals surface area contributed by atoms with Crippen molar-refractivity contribution >= 4 is 11.8 Å². The summed E-state index contributed by atoms with van der Waals surface area (Å²) in [5, 5.41) is 0. The van der Waals surface area contributed by atoms with E-state index in [2.05, 4.69) is 26.5 Å². The van der Waals surface area contributed by atoms with Crippen molar-refractivity contribution in [3.63, 3.8) is 0 Å². The summed E-state index contributed by atoms with van der Waals surface area (Å²) in [5.41, 5.74) is 0.842. The Morgan fingerprint density at radius 3 is 2.50 bits per heavy atom. The number of fused-ring (bicyclic) bond motifs is 2. The van der Waals surface area contributed by atoms with E-state index in [1.807, 2.05) is 51.1 Å². The number of Topliss-reactive ketones (excluding diaryl/α,β-unsaturated/α-hetero) is 1. The average molecular weight is 527 g/mol. The molecule has 3 aliphatic carbocycles. The summed E-state index contributed by atoms with van der Waals surface area (Å²) in [6, 6.07) is 9.68. The normalized spacial score (nSPS) is 34.5. The lowest BCUT2D eigenvalue weighted by Crippen LogP contribution is -2.52. The lowest BCUT2D eigenvalue weighted by atomic mass is 9.68. The van der Waals surface area contributed by atoms with Crippen molar-refractivity contribution in [1.29, 1.82) is 0 Å². The second kappa shape index (κ2) is 11.4. The molecule has 0 spiro atoms. The topological polar surface area (TPSA) is 80.3 Å². The Bertz CT molecular complexity index is 1060. The summed E-state index contributed by atoms with van der Waals surface area (Å²) in [6.45, 7) is 15.0. The van der Waals surface area contributed by atoms with E-state index in [1.54, 1.807) is 0 Å². The molecule has 0 radical (unpaired) electrons. The Hall–Kier alpha value is -2.32. The summed E-state index contributed by atoms with van der Waals surface area (Å²) < 4.78 is 5.34. The Balaban J connectivity index is 1.77. The van der Waals surface area contributed by atoms with Gasteiger partial charge < -0.3 is 4.74 Å². The standard InChI is InChI=1S/C31H42O7/c1-8-35-37-26-19(2)14-15-23-24(30(23,5)6)16-20(3)28(32)31(29(33)34-7)17-21(4)27(25(26)31)38-36-18-22-12-10-9-11-13-22/h9-13,16,21,23-27H,2,8,14-15,17-18H2,1,3-7H3. The minimum absolute atomic E-state index is 0.0784. The number of rotatable bonds is 8. The molecule has 0 bridgehead atoms. The van der Waals surface area contributed by atoms with Crippen LogP contribution in [0, 0.1) is 34.5 Å². The molecule has 7 heteroatoms. The Morgan fingerprint density at radius 2 is 1.84 bits per heavy atom. The first kappa shape index (κ1) is 28.7. The van der Waals surface area contributed by atoms with Gasteiger partial charge in [0.2, 0.25) is 0 Å². The average Bonchev–Trinajstić information content (AvgIpc) is 3.28. The van der Waals surface area contributed by atoms with E-state index in [-0.39, 0.29) is 36.1 Å². The van der Waals surface area contributed by atoms with Crippen LogP contribution in [0.4, 0.5) is 0 Å². The van der Waals surface area contributed by atoms with Gasteiger partial charge >= 0.3 is 5.97 Å². The minimum Gasteiger partial charge on any atom is -0.468 e. The van der Waals surface area contributed by atoms with Crippen LogP contribution in [0.2, 0.25) is 0 Å². The SMILES string of the molecule is C=C1CCC2C(C=C(C)C(=O)C3(C(=O)OC)CC(C)C(OOCc4ccccc4)C3C1OOCC)C2(C)C. The van der Waals surface area contributed by atoms with Crippen LogP contribution in [0.15, 0.2) is 54.1 Å². The smallest absolute Gasteiger partial charge is 0.320 e. The molecule has 0 saturated heterocycles. The third-order valence-corrected chi connectivity index (χ3v) is 9.05. The lowest BCUT2D eigenvalue weighted by Gasteiger charge is -2.38. The van der Waals surface area contributed by atoms with Crippen molar-refractivity contribution in [3.05, 3.63) is 59.7 Å². The van der Waals surface area contributed by atoms with Gasteiger partial charge in [0.05, 0.1) is 13.7 Å². The van der Waals surface area contributed by atoms with Gasteiger partial charge in [-0.25, -0.2) is 19.6 Å². The maximum Gasteiger partial charge on any atom is 0.320 e. The summed E-state index contributed by atoms with van der Waals surface area (Å²) >= 11 is 0. The number of benzene rings is 1. The van der Waals surface area contributed by atoms with Crippen LogP contribution in [0.25, 0.3) is 0 Å². The van der Waals surface area contributed by atoms with Crippen molar-refractivity contribution in [2.45, 2.75) is 72.7 Å². The number of carbonyl (C=O) groups is 2. The van der Waals surface area contributed by atoms with Crippen LogP contribution in [-0.2, 0) is 40.5 Å². The number of hydrogen-bond acceptors (Lipinski definition) is 7. The molecule has 7 nitrogen and oxygen atoms in total. The quantitative estimate of drug-likeness (QED) is 0.139. The molecule has 208 valence electrons. The molecule has 1 aromatic rings. The predicted octanol–water partition coefficient (Wildman–Crippen LogP) is 5.79. The fourth-order valence-electron chi connectivity index (χ4n) is 6.85. The van der Waals surface area contributed by atoms with Crippen molar-refractivity contribution < 1.29 is 33.9 Å². The van der Waals surface area contributed by atoms with Gasteiger partial charge in [0, 0.05) is 5.92 Å². The highest BCUT2D eigenvalue weighted by Gasteiger charge is 2.67. The summed E-state index contributed by atoms with van der Waals surface area (Å²) in [6.07, 6.45) is 2.49. The van der Waals surface area contributed by atoms with Gasteiger partial charge in [-0.05, 0) is 73.0 Å². The Labute approximate surface area is 226 Å². The number of methoxy groups -OCH3 is 1. The molecule has 3 aliphatic rings. The largest absolute Gasteiger partial charge is 0.468 e. The van der Waals surface area contributed by atoms with E-state index in [4.69, 9.17) is 24.3 Å². The van der Waals surface area contributed by atoms with Crippen LogP contribution in [0.3, 0.4) is 0 Å². The first-order valence-corrected chi connectivity index (χ1v) is 13.7. The highest BCUT2D eigenvalue weighted by molar-refractivity contribution is 6.12. The maximum absolute atomic E-state index is 14.4. The molecular formula is C31H42O7. The monoisotopic (exact) mass is 526 g/mol. The molecule has 1 aromatic carbocycles. The molecule has 7 unspecified atom stereocenters. The van der Waals surface area contributed by atoms with Crippen molar-refractivity contribution in [3.8, 4) is 0 Å². The van der Waals surface area contributed by atoms with E-state index in [0.717, 1.165) is 17.6 Å². The molecule has 0 amide bonds. The molecule has 0 aromatic heterocycles. The van der Waals surface area contributed by atoms with Gasteiger partial charge in [-0.1, -0.05) is 63.8 Å². The number of ketones is 1. The highest BCUT2D eigenvalue weighted by Crippen LogP contribution is 2.63. The third-order valence-electron chi connectivity index (χ3n) is 9.05. The van der Waals surface area contributed by atoms with E-state index < -0.39 is 29.5 Å². The number of allylic oxidation sites excluding steroid dienone is 2. The number of ether oxygens (including phenoxy) is 1. The van der Waals surface area contributed by atoms with Gasteiger partial charge in [0.1, 0.15) is 24.2 Å². The lowest BCUT2D eigenvalue weighted by molar-refractivity contribution is -0.370. The number of esters is 1. The van der Waals surface area contributed by atoms with Crippen LogP contribution < -0.4 is 0 Å². The Morgan fingerprint density at radius 1 is 1.13 bits per heavy atom. The third kappa shape index (κ3) is 5.14. The molecule has 2 saturated carbocycles. The Kier molecular flexibility index (Phi) is 8.62. The molecule has 0 N–H and O–H groups in total. The number of hydrogen-bond donors (Lipinski definition) is 0. The first-order chi connectivity index (χ1) is 18.1. The van der Waals surface area contributed by atoms with E-state index in [0.29, 0.717) is 24.5 Å². The molecule has 7 atom stereocenters. The van der Waals surface area contributed by atoms with Crippen molar-refractivity contribution in [2.75, 3.05) is 13.7 Å². The zero-order chi connectivity index (χ0) is 27.7. The fourth-order valence-corrected chi connectivity index (χ4v) is 6.85. The maximum atomic E-state index is 14.4. The molecule has 0 aliphatic heterocycles. The zero-order valence-corrected chi connectivity index (χ0v) is 23.5. The molecular weight excluding hydrogens is 484 g/mol. The summed E-state index contributed by atoms with van der Waals surface area (Å²) in [5.74, 6) is -1.13. The van der Waals surface area contributed by atoms with Crippen LogP contribution >= 0.6 is 0 Å². The first-order valence-electron chi connectivity index (χ1n) is 13.7. The highest BCUT2D eigenvalue weighted by atomic mass is 17.2. The van der Waals surface area contributed by atoms with E-state index >= 15 is 0 Å². The molecule has 0 heterocycles. The summed E-state index contributed by atoms with van der Waals surface area (Å²) in [4.78, 5) is 51.3.